The molecule has 1 aliphatic heterocycles. The smallest absolute Gasteiger partial charge is 0.393 e. The molecule has 3 N–H and O–H groups in total. The number of aliphatic hydroxyl groups is 1. The lowest BCUT2D eigenvalue weighted by Gasteiger charge is -2.14. The highest BCUT2D eigenvalue weighted by molar-refractivity contribution is 6.05. The third-order valence-electron chi connectivity index (χ3n) is 5.94. The number of fused-ring (bicyclic) bond motifs is 5. The van der Waals surface area contributed by atoms with E-state index in [0.29, 0.717) is 27.8 Å². The molecule has 2 aromatic carbocycles. The van der Waals surface area contributed by atoms with Crippen LogP contribution in [-0.4, -0.2) is 22.1 Å². The minimum atomic E-state index is -4.46. The largest absolute Gasteiger partial charge is 0.416 e. The van der Waals surface area contributed by atoms with Crippen molar-refractivity contribution in [1.82, 2.24) is 4.98 Å². The first-order valence-corrected chi connectivity index (χ1v) is 10.7. The monoisotopic (exact) mass is 442 g/mol. The number of halogens is 3. The van der Waals surface area contributed by atoms with Crippen LogP contribution in [0.5, 0.6) is 0 Å². The van der Waals surface area contributed by atoms with Crippen LogP contribution in [0.4, 0.5) is 18.9 Å². The fourth-order valence-electron chi connectivity index (χ4n) is 4.12. The molecule has 7 heteroatoms. The van der Waals surface area contributed by atoms with Gasteiger partial charge < -0.3 is 15.4 Å². The Balaban J connectivity index is 1.78. The van der Waals surface area contributed by atoms with Crippen LogP contribution in [0.25, 0.3) is 28.2 Å². The van der Waals surface area contributed by atoms with Crippen molar-refractivity contribution in [2.24, 2.45) is 5.92 Å². The maximum Gasteiger partial charge on any atom is 0.416 e. The summed E-state index contributed by atoms with van der Waals surface area (Å²) in [7, 11) is 0. The zero-order chi connectivity index (χ0) is 23.0. The molecule has 3 aromatic rings. The molecule has 0 saturated heterocycles. The molecule has 4 rings (SSSR count). The summed E-state index contributed by atoms with van der Waals surface area (Å²) in [6.45, 7) is 3.98. The van der Waals surface area contributed by atoms with E-state index in [2.05, 4.69) is 10.3 Å². The van der Waals surface area contributed by atoms with Gasteiger partial charge in [-0.1, -0.05) is 38.5 Å². The molecule has 2 unspecified atom stereocenters. The van der Waals surface area contributed by atoms with Gasteiger partial charge in [0, 0.05) is 22.4 Å². The van der Waals surface area contributed by atoms with Gasteiger partial charge in [-0.05, 0) is 47.9 Å². The molecule has 0 saturated carbocycles. The van der Waals surface area contributed by atoms with Crippen LogP contribution >= 0.6 is 0 Å². The van der Waals surface area contributed by atoms with Gasteiger partial charge in [0.15, 0.2) is 0 Å². The van der Waals surface area contributed by atoms with Crippen LogP contribution in [0.3, 0.4) is 0 Å². The van der Waals surface area contributed by atoms with E-state index in [9.17, 15) is 23.1 Å². The molecule has 1 aromatic heterocycles. The Morgan fingerprint density at radius 3 is 2.69 bits per heavy atom. The first kappa shape index (κ1) is 22.1. The van der Waals surface area contributed by atoms with Crippen molar-refractivity contribution in [1.29, 1.82) is 0 Å². The molecule has 168 valence electrons. The molecule has 0 spiro atoms. The highest BCUT2D eigenvalue weighted by Crippen LogP contribution is 2.40. The SMILES string of the molecule is CCCC(O)C(C)/C=C/c1ccc2c(c1)-c1[nH]c3ccc(C(F)(F)F)cc3c1CC(=O)N2. The Kier molecular flexibility index (Phi) is 5.86. The average Bonchev–Trinajstić information content (AvgIpc) is 3.02. The van der Waals surface area contributed by atoms with Crippen molar-refractivity contribution in [2.75, 3.05) is 5.32 Å². The summed E-state index contributed by atoms with van der Waals surface area (Å²) >= 11 is 0. The third-order valence-corrected chi connectivity index (χ3v) is 5.94. The van der Waals surface area contributed by atoms with E-state index in [0.717, 1.165) is 36.1 Å². The minimum absolute atomic E-state index is 0.0158. The average molecular weight is 442 g/mol. The van der Waals surface area contributed by atoms with Gasteiger partial charge in [0.2, 0.25) is 5.91 Å². The molecule has 0 radical (unpaired) electrons. The molecule has 1 aliphatic rings. The number of rotatable bonds is 5. The quantitative estimate of drug-likeness (QED) is 0.443. The van der Waals surface area contributed by atoms with Gasteiger partial charge in [-0.15, -0.1) is 0 Å². The highest BCUT2D eigenvalue weighted by Gasteiger charge is 2.32. The zero-order valence-electron chi connectivity index (χ0n) is 17.9. The van der Waals surface area contributed by atoms with Crippen LogP contribution < -0.4 is 5.32 Å². The van der Waals surface area contributed by atoms with E-state index in [1.807, 2.05) is 38.1 Å². The molecule has 32 heavy (non-hydrogen) atoms. The summed E-state index contributed by atoms with van der Waals surface area (Å²) in [6, 6.07) is 9.11. The molecule has 2 atom stereocenters. The molecular formula is C25H25F3N2O2. The second-order valence-corrected chi connectivity index (χ2v) is 8.34. The number of H-pyrrole nitrogens is 1. The van der Waals surface area contributed by atoms with E-state index >= 15 is 0 Å². The minimum Gasteiger partial charge on any atom is -0.393 e. The number of alkyl halides is 3. The summed E-state index contributed by atoms with van der Waals surface area (Å²) in [5.74, 6) is -0.291. The molecule has 1 amide bonds. The van der Waals surface area contributed by atoms with Gasteiger partial charge in [-0.25, -0.2) is 0 Å². The summed E-state index contributed by atoms with van der Waals surface area (Å²) in [4.78, 5) is 15.7. The second-order valence-electron chi connectivity index (χ2n) is 8.34. The Bertz CT molecular complexity index is 1190. The summed E-state index contributed by atoms with van der Waals surface area (Å²) in [5.41, 5.74) is 3.20. The number of aliphatic hydroxyl groups excluding tert-OH is 1. The number of aromatic nitrogens is 1. The Morgan fingerprint density at radius 1 is 1.19 bits per heavy atom. The number of amides is 1. The normalized spacial score (nSPS) is 15.9. The van der Waals surface area contributed by atoms with Crippen molar-refractivity contribution in [2.45, 2.75) is 45.4 Å². The maximum absolute atomic E-state index is 13.2. The summed E-state index contributed by atoms with van der Waals surface area (Å²) in [6.07, 6.45) is 0.591. The van der Waals surface area contributed by atoms with Crippen molar-refractivity contribution >= 4 is 28.6 Å². The predicted octanol–water partition coefficient (Wildman–Crippen LogP) is 6.16. The van der Waals surface area contributed by atoms with Crippen molar-refractivity contribution in [3.63, 3.8) is 0 Å². The third kappa shape index (κ3) is 4.30. The lowest BCUT2D eigenvalue weighted by atomic mass is 9.97. The topological polar surface area (TPSA) is 65.1 Å². The van der Waals surface area contributed by atoms with Crippen LogP contribution in [0.2, 0.25) is 0 Å². The van der Waals surface area contributed by atoms with E-state index in [-0.39, 0.29) is 18.2 Å². The number of nitrogens with one attached hydrogen (secondary N) is 2. The number of hydrogen-bond donors (Lipinski definition) is 3. The van der Waals surface area contributed by atoms with Crippen molar-refractivity contribution in [3.8, 4) is 11.3 Å². The van der Waals surface area contributed by atoms with Gasteiger partial charge in [-0.2, -0.15) is 13.2 Å². The Labute approximate surface area is 184 Å². The van der Waals surface area contributed by atoms with E-state index in [1.165, 1.54) is 6.07 Å². The number of aromatic amines is 1. The van der Waals surface area contributed by atoms with Crippen LogP contribution in [0.1, 0.15) is 43.4 Å². The molecule has 4 nitrogen and oxygen atoms in total. The predicted molar refractivity (Wildman–Crippen MR) is 120 cm³/mol. The van der Waals surface area contributed by atoms with Gasteiger partial charge in [0.25, 0.3) is 0 Å². The van der Waals surface area contributed by atoms with Gasteiger partial charge in [0.05, 0.1) is 29.5 Å². The van der Waals surface area contributed by atoms with Crippen LogP contribution in [0, 0.1) is 5.92 Å². The standard InChI is InChI=1S/C25H25F3N2O2/c1-3-4-22(31)14(2)5-6-15-7-9-21-19(11-15)24-18(13-23(32)29-21)17-12-16(25(26,27)28)8-10-20(17)30-24/h5-12,14,22,30-31H,3-4,13H2,1-2H3,(H,29,32)/b6-5+. The lowest BCUT2D eigenvalue weighted by Crippen LogP contribution is -2.14. The molecular weight excluding hydrogens is 417 g/mol. The van der Waals surface area contributed by atoms with Gasteiger partial charge >= 0.3 is 6.18 Å². The number of carbonyl (C=O) groups is 1. The van der Waals surface area contributed by atoms with E-state index < -0.39 is 17.8 Å². The zero-order valence-corrected chi connectivity index (χ0v) is 17.9. The summed E-state index contributed by atoms with van der Waals surface area (Å²) < 4.78 is 39.7. The van der Waals surface area contributed by atoms with Crippen molar-refractivity contribution < 1.29 is 23.1 Å². The van der Waals surface area contributed by atoms with Crippen LogP contribution in [0.15, 0.2) is 42.5 Å². The fraction of sp³-hybridized carbons (Fsp3) is 0.320. The van der Waals surface area contributed by atoms with Gasteiger partial charge in [-0.3, -0.25) is 4.79 Å². The Hall–Kier alpha value is -3.06. The number of anilines is 1. The molecule has 2 heterocycles. The van der Waals surface area contributed by atoms with Gasteiger partial charge in [0.1, 0.15) is 0 Å². The highest BCUT2D eigenvalue weighted by atomic mass is 19.4. The first-order chi connectivity index (χ1) is 15.2. The van der Waals surface area contributed by atoms with Crippen molar-refractivity contribution in [3.05, 3.63) is 59.2 Å². The lowest BCUT2D eigenvalue weighted by molar-refractivity contribution is -0.137. The molecule has 0 fully saturated rings. The molecule has 0 bridgehead atoms. The fourth-order valence-corrected chi connectivity index (χ4v) is 4.12. The second kappa shape index (κ2) is 8.47. The maximum atomic E-state index is 13.2. The molecule has 0 aliphatic carbocycles. The first-order valence-electron chi connectivity index (χ1n) is 10.7. The number of benzene rings is 2. The number of hydrogen-bond acceptors (Lipinski definition) is 2. The van der Waals surface area contributed by atoms with E-state index in [1.54, 1.807) is 6.07 Å². The Morgan fingerprint density at radius 2 is 1.97 bits per heavy atom. The summed E-state index contributed by atoms with van der Waals surface area (Å²) in [5, 5.41) is 13.4. The van der Waals surface area contributed by atoms with E-state index in [4.69, 9.17) is 0 Å². The van der Waals surface area contributed by atoms with Crippen LogP contribution in [-0.2, 0) is 17.4 Å². The number of carbonyl (C=O) groups excluding carboxylic acids is 1.